The predicted molar refractivity (Wildman–Crippen MR) is 96.3 cm³/mol. The van der Waals surface area contributed by atoms with E-state index in [-0.39, 0.29) is 24.4 Å². The van der Waals surface area contributed by atoms with Gasteiger partial charge in [0.15, 0.2) is 0 Å². The van der Waals surface area contributed by atoms with Crippen LogP contribution < -0.4 is 9.80 Å². The maximum atomic E-state index is 13.0. The Morgan fingerprint density at radius 1 is 1.20 bits per heavy atom. The van der Waals surface area contributed by atoms with Crippen LogP contribution in [-0.2, 0) is 16.0 Å². The van der Waals surface area contributed by atoms with Crippen LogP contribution in [0.3, 0.4) is 0 Å². The Morgan fingerprint density at radius 2 is 1.88 bits per heavy atom. The first kappa shape index (κ1) is 16.7. The summed E-state index contributed by atoms with van der Waals surface area (Å²) in [7, 11) is 0. The summed E-state index contributed by atoms with van der Waals surface area (Å²) in [6.07, 6.45) is 0.802. The van der Waals surface area contributed by atoms with Crippen LogP contribution in [0, 0.1) is 11.3 Å². The molecule has 0 saturated heterocycles. The Hall–Kier alpha value is -3.13. The Bertz CT molecular complexity index is 869. The van der Waals surface area contributed by atoms with E-state index in [1.807, 2.05) is 31.2 Å². The van der Waals surface area contributed by atoms with Gasteiger partial charge in [0, 0.05) is 18.7 Å². The molecule has 0 saturated carbocycles. The zero-order chi connectivity index (χ0) is 18.0. The Kier molecular flexibility index (Phi) is 4.53. The largest absolute Gasteiger partial charge is 0.307 e. The van der Waals surface area contributed by atoms with Crippen molar-refractivity contribution in [2.75, 3.05) is 16.3 Å². The van der Waals surface area contributed by atoms with Gasteiger partial charge >= 0.3 is 0 Å². The van der Waals surface area contributed by atoms with E-state index in [1.165, 1.54) is 11.8 Å². The fourth-order valence-corrected chi connectivity index (χ4v) is 3.33. The van der Waals surface area contributed by atoms with Crippen LogP contribution >= 0.6 is 0 Å². The molecule has 0 aromatic heterocycles. The fourth-order valence-electron chi connectivity index (χ4n) is 3.33. The number of nitrogens with zero attached hydrogens (tertiary/aromatic N) is 3. The number of anilines is 2. The number of benzene rings is 2. The first-order valence-electron chi connectivity index (χ1n) is 8.20. The highest BCUT2D eigenvalue weighted by molar-refractivity contribution is 6.04. The van der Waals surface area contributed by atoms with Crippen LogP contribution in [0.25, 0.3) is 0 Å². The lowest BCUT2D eigenvalue weighted by atomic mass is 10.1. The third kappa shape index (κ3) is 3.11. The van der Waals surface area contributed by atoms with Crippen LogP contribution in [0.2, 0.25) is 0 Å². The highest BCUT2D eigenvalue weighted by Gasteiger charge is 2.32. The Labute approximate surface area is 147 Å². The average Bonchev–Trinajstić information content (AvgIpc) is 2.95. The van der Waals surface area contributed by atoms with Crippen LogP contribution in [-0.4, -0.2) is 24.4 Å². The highest BCUT2D eigenvalue weighted by atomic mass is 16.2. The van der Waals surface area contributed by atoms with Crippen molar-refractivity contribution in [2.45, 2.75) is 26.3 Å². The number of nitriles is 1. The van der Waals surface area contributed by atoms with E-state index in [2.05, 4.69) is 6.07 Å². The molecule has 2 aromatic rings. The van der Waals surface area contributed by atoms with Gasteiger partial charge in [-0.25, -0.2) is 0 Å². The maximum absolute atomic E-state index is 13.0. The van der Waals surface area contributed by atoms with Crippen molar-refractivity contribution >= 4 is 23.2 Å². The summed E-state index contributed by atoms with van der Waals surface area (Å²) in [6.45, 7) is 3.31. The van der Waals surface area contributed by atoms with Crippen LogP contribution in [0.4, 0.5) is 11.4 Å². The minimum atomic E-state index is -0.267. The van der Waals surface area contributed by atoms with Crippen molar-refractivity contribution in [1.82, 2.24) is 0 Å². The van der Waals surface area contributed by atoms with Gasteiger partial charge in [-0.2, -0.15) is 5.26 Å². The number of amides is 2. The number of rotatable bonds is 3. The lowest BCUT2D eigenvalue weighted by Crippen LogP contribution is -2.45. The standard InChI is InChI=1S/C20H19N3O2/c1-14-11-16-7-3-6-10-19(16)23(14)20(25)13-22(15(2)24)18-9-5-4-8-17(18)12-21/h3-10,14H,11,13H2,1-2H3. The second-order valence-corrected chi connectivity index (χ2v) is 6.18. The summed E-state index contributed by atoms with van der Waals surface area (Å²) in [6, 6.07) is 16.8. The number of fused-ring (bicyclic) bond motifs is 1. The van der Waals surface area contributed by atoms with Crippen molar-refractivity contribution < 1.29 is 9.59 Å². The minimum absolute atomic E-state index is 0.0462. The molecule has 5 heteroatoms. The first-order valence-corrected chi connectivity index (χ1v) is 8.20. The summed E-state index contributed by atoms with van der Waals surface area (Å²) < 4.78 is 0. The van der Waals surface area contributed by atoms with E-state index in [0.29, 0.717) is 11.3 Å². The summed E-state index contributed by atoms with van der Waals surface area (Å²) in [5, 5.41) is 9.28. The average molecular weight is 333 g/mol. The first-order chi connectivity index (χ1) is 12.0. The molecule has 3 rings (SSSR count). The summed E-state index contributed by atoms with van der Waals surface area (Å²) in [4.78, 5) is 28.2. The molecule has 1 heterocycles. The zero-order valence-electron chi connectivity index (χ0n) is 14.3. The van der Waals surface area contributed by atoms with Gasteiger partial charge in [-0.05, 0) is 37.1 Å². The van der Waals surface area contributed by atoms with Crippen molar-refractivity contribution in [3.05, 3.63) is 59.7 Å². The van der Waals surface area contributed by atoms with Gasteiger partial charge in [-0.15, -0.1) is 0 Å². The van der Waals surface area contributed by atoms with Gasteiger partial charge in [0.25, 0.3) is 0 Å². The quantitative estimate of drug-likeness (QED) is 0.867. The fraction of sp³-hybridized carbons (Fsp3) is 0.250. The molecule has 0 aliphatic carbocycles. The predicted octanol–water partition coefficient (Wildman–Crippen LogP) is 2.89. The number of hydrogen-bond donors (Lipinski definition) is 0. The zero-order valence-corrected chi connectivity index (χ0v) is 14.3. The van der Waals surface area contributed by atoms with Crippen molar-refractivity contribution in [2.24, 2.45) is 0 Å². The van der Waals surface area contributed by atoms with Crippen LogP contribution in [0.5, 0.6) is 0 Å². The molecule has 25 heavy (non-hydrogen) atoms. The summed E-state index contributed by atoms with van der Waals surface area (Å²) in [5.74, 6) is -0.420. The molecule has 0 bridgehead atoms. The molecule has 2 aromatic carbocycles. The molecule has 1 aliphatic rings. The van der Waals surface area contributed by atoms with Crippen molar-refractivity contribution in [1.29, 1.82) is 5.26 Å². The van der Waals surface area contributed by atoms with Crippen LogP contribution in [0.15, 0.2) is 48.5 Å². The smallest absolute Gasteiger partial charge is 0.247 e. The monoisotopic (exact) mass is 333 g/mol. The molecule has 1 unspecified atom stereocenters. The van der Waals surface area contributed by atoms with Gasteiger partial charge in [0.1, 0.15) is 12.6 Å². The van der Waals surface area contributed by atoms with E-state index in [9.17, 15) is 14.9 Å². The van der Waals surface area contributed by atoms with E-state index in [0.717, 1.165) is 17.7 Å². The van der Waals surface area contributed by atoms with E-state index >= 15 is 0 Å². The van der Waals surface area contributed by atoms with Gasteiger partial charge in [-0.3, -0.25) is 9.59 Å². The van der Waals surface area contributed by atoms with Gasteiger partial charge < -0.3 is 9.80 Å². The van der Waals surface area contributed by atoms with Crippen molar-refractivity contribution in [3.63, 3.8) is 0 Å². The van der Waals surface area contributed by atoms with E-state index < -0.39 is 0 Å². The van der Waals surface area contributed by atoms with Crippen LogP contribution in [0.1, 0.15) is 25.0 Å². The van der Waals surface area contributed by atoms with E-state index in [4.69, 9.17) is 0 Å². The topological polar surface area (TPSA) is 64.4 Å². The molecule has 0 spiro atoms. The molecule has 1 aliphatic heterocycles. The molecule has 126 valence electrons. The molecule has 0 radical (unpaired) electrons. The minimum Gasteiger partial charge on any atom is -0.307 e. The molecule has 0 fully saturated rings. The Balaban J connectivity index is 1.90. The lowest BCUT2D eigenvalue weighted by molar-refractivity contribution is -0.121. The summed E-state index contributed by atoms with van der Waals surface area (Å²) in [5.41, 5.74) is 2.87. The summed E-state index contributed by atoms with van der Waals surface area (Å²) >= 11 is 0. The molecule has 5 nitrogen and oxygen atoms in total. The van der Waals surface area contributed by atoms with Gasteiger partial charge in [0.05, 0.1) is 11.3 Å². The number of carbonyl (C=O) groups is 2. The highest BCUT2D eigenvalue weighted by Crippen LogP contribution is 2.32. The number of para-hydroxylation sites is 2. The second-order valence-electron chi connectivity index (χ2n) is 6.18. The number of carbonyl (C=O) groups excluding carboxylic acids is 2. The molecule has 1 atom stereocenters. The van der Waals surface area contributed by atoms with E-state index in [1.54, 1.807) is 29.2 Å². The third-order valence-electron chi connectivity index (χ3n) is 4.46. The molecule has 2 amide bonds. The molecular weight excluding hydrogens is 314 g/mol. The third-order valence-corrected chi connectivity index (χ3v) is 4.46. The number of hydrogen-bond acceptors (Lipinski definition) is 3. The van der Waals surface area contributed by atoms with Gasteiger partial charge in [-0.1, -0.05) is 30.3 Å². The molecular formula is C20H19N3O2. The maximum Gasteiger partial charge on any atom is 0.247 e. The lowest BCUT2D eigenvalue weighted by Gasteiger charge is -2.27. The van der Waals surface area contributed by atoms with Gasteiger partial charge in [0.2, 0.25) is 11.8 Å². The second kappa shape index (κ2) is 6.78. The van der Waals surface area contributed by atoms with Crippen molar-refractivity contribution in [3.8, 4) is 6.07 Å². The Morgan fingerprint density at radius 3 is 2.60 bits per heavy atom. The molecule has 0 N–H and O–H groups in total. The normalized spacial score (nSPS) is 15.4. The SMILES string of the molecule is CC(=O)N(CC(=O)N1c2ccccc2CC1C)c1ccccc1C#N.